The maximum atomic E-state index is 11.2. The zero-order valence-corrected chi connectivity index (χ0v) is 14.2. The van der Waals surface area contributed by atoms with E-state index in [9.17, 15) is 10.1 Å². The van der Waals surface area contributed by atoms with Gasteiger partial charge in [0.25, 0.3) is 5.69 Å². The molecule has 1 fully saturated rings. The zero-order valence-electron chi connectivity index (χ0n) is 14.2. The number of fused-ring (bicyclic) bond motifs is 1. The molecule has 6 nitrogen and oxygen atoms in total. The summed E-state index contributed by atoms with van der Waals surface area (Å²) in [4.78, 5) is 17.6. The van der Waals surface area contributed by atoms with Crippen molar-refractivity contribution < 1.29 is 4.92 Å². The minimum Gasteiger partial charge on any atom is -0.382 e. The molecular weight excluding hydrogens is 304 g/mol. The van der Waals surface area contributed by atoms with Crippen molar-refractivity contribution in [2.45, 2.75) is 20.3 Å². The Hall–Kier alpha value is -2.21. The summed E-state index contributed by atoms with van der Waals surface area (Å²) < 4.78 is 0. The molecule has 2 atom stereocenters. The van der Waals surface area contributed by atoms with E-state index in [1.54, 1.807) is 30.5 Å². The van der Waals surface area contributed by atoms with Gasteiger partial charge in [-0.25, -0.2) is 0 Å². The summed E-state index contributed by atoms with van der Waals surface area (Å²) in [7, 11) is 0. The molecular formula is C18H24N4O2. The minimum absolute atomic E-state index is 0.0994. The van der Waals surface area contributed by atoms with Gasteiger partial charge in [0, 0.05) is 38.4 Å². The summed E-state index contributed by atoms with van der Waals surface area (Å²) in [5.74, 6) is 1.49. The van der Waals surface area contributed by atoms with Crippen LogP contribution in [0.1, 0.15) is 20.3 Å². The second-order valence-corrected chi connectivity index (χ2v) is 6.92. The van der Waals surface area contributed by atoms with Crippen LogP contribution in [0.4, 0.5) is 11.4 Å². The van der Waals surface area contributed by atoms with Gasteiger partial charge >= 0.3 is 0 Å². The number of nitrogens with zero attached hydrogens (tertiary/aromatic N) is 3. The molecule has 2 unspecified atom stereocenters. The minimum atomic E-state index is -0.357. The predicted molar refractivity (Wildman–Crippen MR) is 96.3 cm³/mol. The van der Waals surface area contributed by atoms with Crippen LogP contribution in [0.25, 0.3) is 10.9 Å². The molecule has 1 aromatic heterocycles. The first-order chi connectivity index (χ1) is 11.5. The molecule has 1 aliphatic heterocycles. The first-order valence-electron chi connectivity index (χ1n) is 8.53. The number of hydrogen-bond donors (Lipinski definition) is 1. The molecule has 1 N–H and O–H groups in total. The number of nitro groups is 1. The molecule has 2 heterocycles. The van der Waals surface area contributed by atoms with E-state index in [1.165, 1.54) is 6.42 Å². The molecule has 2 aromatic rings. The van der Waals surface area contributed by atoms with Crippen LogP contribution in [0.2, 0.25) is 0 Å². The van der Waals surface area contributed by atoms with Gasteiger partial charge in [0.1, 0.15) is 5.52 Å². The van der Waals surface area contributed by atoms with Crippen molar-refractivity contribution in [3.63, 3.8) is 0 Å². The number of hydrogen-bond acceptors (Lipinski definition) is 5. The maximum absolute atomic E-state index is 11.2. The largest absolute Gasteiger partial charge is 0.382 e. The van der Waals surface area contributed by atoms with Gasteiger partial charge in [-0.3, -0.25) is 15.1 Å². The normalized spacial score (nSPS) is 21.8. The van der Waals surface area contributed by atoms with Crippen molar-refractivity contribution in [1.82, 2.24) is 9.88 Å². The van der Waals surface area contributed by atoms with Crippen LogP contribution in [-0.4, -0.2) is 41.0 Å². The number of benzene rings is 1. The van der Waals surface area contributed by atoms with E-state index in [0.29, 0.717) is 10.9 Å². The number of likely N-dealkylation sites (tertiary alicyclic amines) is 1. The molecule has 128 valence electrons. The Morgan fingerprint density at radius 1 is 1.29 bits per heavy atom. The molecule has 3 rings (SSSR count). The van der Waals surface area contributed by atoms with Crippen molar-refractivity contribution in [1.29, 1.82) is 0 Å². The van der Waals surface area contributed by atoms with E-state index in [2.05, 4.69) is 29.0 Å². The van der Waals surface area contributed by atoms with Crippen molar-refractivity contribution in [2.75, 3.05) is 31.5 Å². The van der Waals surface area contributed by atoms with E-state index in [0.717, 1.165) is 43.7 Å². The molecule has 24 heavy (non-hydrogen) atoms. The number of aromatic nitrogens is 1. The first-order valence-corrected chi connectivity index (χ1v) is 8.53. The molecule has 0 aliphatic carbocycles. The lowest BCUT2D eigenvalue weighted by Gasteiger charge is -2.35. The fraction of sp³-hybridized carbons (Fsp3) is 0.500. The third-order valence-corrected chi connectivity index (χ3v) is 4.63. The Balaban J connectivity index is 1.70. The van der Waals surface area contributed by atoms with Gasteiger partial charge in [0.15, 0.2) is 0 Å². The Labute approximate surface area is 142 Å². The lowest BCUT2D eigenvalue weighted by Crippen LogP contribution is -2.41. The molecule has 0 amide bonds. The third-order valence-electron chi connectivity index (χ3n) is 4.63. The number of pyridine rings is 1. The smallest absolute Gasteiger partial charge is 0.278 e. The lowest BCUT2D eigenvalue weighted by atomic mass is 9.92. The van der Waals surface area contributed by atoms with E-state index >= 15 is 0 Å². The number of non-ortho nitro benzene ring substituents is 1. The van der Waals surface area contributed by atoms with Crippen molar-refractivity contribution in [3.8, 4) is 0 Å². The number of anilines is 1. The Kier molecular flexibility index (Phi) is 4.94. The Bertz CT molecular complexity index is 724. The summed E-state index contributed by atoms with van der Waals surface area (Å²) in [5, 5.41) is 15.1. The average Bonchev–Trinajstić information content (AvgIpc) is 2.53. The van der Waals surface area contributed by atoms with Crippen LogP contribution >= 0.6 is 0 Å². The van der Waals surface area contributed by atoms with Crippen LogP contribution in [0.3, 0.4) is 0 Å². The second-order valence-electron chi connectivity index (χ2n) is 6.92. The molecule has 1 aliphatic rings. The standard InChI is InChI=1S/C18H24N4O2/c1-13-10-14(2)12-21(11-13)9-8-19-16-5-6-17(22(23)24)15-4-3-7-20-18(15)16/h3-7,13-14,19H,8-12H2,1-2H3. The maximum Gasteiger partial charge on any atom is 0.278 e. The van der Waals surface area contributed by atoms with Crippen LogP contribution < -0.4 is 5.32 Å². The van der Waals surface area contributed by atoms with Gasteiger partial charge in [-0.2, -0.15) is 0 Å². The SMILES string of the molecule is CC1CC(C)CN(CCNc2ccc([N+](=O)[O-])c3cccnc23)C1. The zero-order chi connectivity index (χ0) is 17.1. The molecule has 0 spiro atoms. The number of piperidine rings is 1. The van der Waals surface area contributed by atoms with Gasteiger partial charge in [-0.05, 0) is 36.5 Å². The van der Waals surface area contributed by atoms with Gasteiger partial charge < -0.3 is 10.2 Å². The Morgan fingerprint density at radius 3 is 2.75 bits per heavy atom. The average molecular weight is 328 g/mol. The van der Waals surface area contributed by atoms with E-state index in [1.807, 2.05) is 0 Å². The van der Waals surface area contributed by atoms with Crippen molar-refractivity contribution in [2.24, 2.45) is 11.8 Å². The van der Waals surface area contributed by atoms with Crippen molar-refractivity contribution in [3.05, 3.63) is 40.6 Å². The quantitative estimate of drug-likeness (QED) is 0.671. The molecule has 1 saturated heterocycles. The highest BCUT2D eigenvalue weighted by atomic mass is 16.6. The fourth-order valence-electron chi connectivity index (χ4n) is 3.78. The van der Waals surface area contributed by atoms with Crippen molar-refractivity contribution >= 4 is 22.3 Å². The molecule has 6 heteroatoms. The summed E-state index contributed by atoms with van der Waals surface area (Å²) in [6.45, 7) is 8.69. The van der Waals surface area contributed by atoms with Crippen LogP contribution in [0.15, 0.2) is 30.5 Å². The monoisotopic (exact) mass is 328 g/mol. The second kappa shape index (κ2) is 7.13. The van der Waals surface area contributed by atoms with Gasteiger partial charge in [0.05, 0.1) is 16.0 Å². The first kappa shape index (κ1) is 16.6. The lowest BCUT2D eigenvalue weighted by molar-refractivity contribution is -0.383. The van der Waals surface area contributed by atoms with E-state index < -0.39 is 0 Å². The molecule has 1 aromatic carbocycles. The number of nitrogens with one attached hydrogen (secondary N) is 1. The number of rotatable bonds is 5. The highest BCUT2D eigenvalue weighted by Gasteiger charge is 2.21. The predicted octanol–water partition coefficient (Wildman–Crippen LogP) is 3.53. The summed E-state index contributed by atoms with van der Waals surface area (Å²) >= 11 is 0. The van der Waals surface area contributed by atoms with Crippen LogP contribution in [0.5, 0.6) is 0 Å². The van der Waals surface area contributed by atoms with E-state index in [-0.39, 0.29) is 10.6 Å². The highest BCUT2D eigenvalue weighted by Crippen LogP contribution is 2.29. The van der Waals surface area contributed by atoms with Crippen LogP contribution in [0, 0.1) is 22.0 Å². The van der Waals surface area contributed by atoms with Gasteiger partial charge in [-0.1, -0.05) is 13.8 Å². The Morgan fingerprint density at radius 2 is 2.04 bits per heavy atom. The highest BCUT2D eigenvalue weighted by molar-refractivity contribution is 5.96. The summed E-state index contributed by atoms with van der Waals surface area (Å²) in [5.41, 5.74) is 1.61. The van der Waals surface area contributed by atoms with Crippen LogP contribution in [-0.2, 0) is 0 Å². The topological polar surface area (TPSA) is 71.3 Å². The fourth-order valence-corrected chi connectivity index (χ4v) is 3.78. The van der Waals surface area contributed by atoms with Gasteiger partial charge in [0.2, 0.25) is 0 Å². The third kappa shape index (κ3) is 3.64. The number of nitro benzene ring substituents is 1. The molecule has 0 saturated carbocycles. The molecule has 0 radical (unpaired) electrons. The molecule has 0 bridgehead atoms. The summed E-state index contributed by atoms with van der Waals surface area (Å²) in [6, 6.07) is 6.79. The van der Waals surface area contributed by atoms with E-state index in [4.69, 9.17) is 0 Å². The summed E-state index contributed by atoms with van der Waals surface area (Å²) in [6.07, 6.45) is 2.98. The van der Waals surface area contributed by atoms with Gasteiger partial charge in [-0.15, -0.1) is 0 Å².